The lowest BCUT2D eigenvalue weighted by molar-refractivity contribution is 0.0103. The molecule has 5 heterocycles. The minimum atomic E-state index is -0.459. The lowest BCUT2D eigenvalue weighted by Crippen LogP contribution is -2.64. The summed E-state index contributed by atoms with van der Waals surface area (Å²) in [4.78, 5) is 34.6. The second kappa shape index (κ2) is 9.67. The molecule has 2 bridgehead atoms. The van der Waals surface area contributed by atoms with Crippen LogP contribution in [0.3, 0.4) is 0 Å². The molecule has 0 spiro atoms. The smallest absolute Gasteiger partial charge is 0.260 e. The van der Waals surface area contributed by atoms with Crippen LogP contribution >= 0.6 is 11.3 Å². The number of amides is 2. The van der Waals surface area contributed by atoms with E-state index in [1.165, 1.54) is 18.4 Å². The van der Waals surface area contributed by atoms with Crippen molar-refractivity contribution in [3.8, 4) is 28.7 Å². The van der Waals surface area contributed by atoms with Crippen LogP contribution in [0, 0.1) is 0 Å². The number of anilines is 3. The zero-order valence-corrected chi connectivity index (χ0v) is 23.1. The van der Waals surface area contributed by atoms with Crippen molar-refractivity contribution in [2.45, 2.75) is 18.5 Å². The topological polar surface area (TPSA) is 130 Å². The molecule has 2 fully saturated rings. The number of rotatable bonds is 6. The van der Waals surface area contributed by atoms with Gasteiger partial charge >= 0.3 is 0 Å². The molecule has 3 aromatic carbocycles. The maximum absolute atomic E-state index is 13.9. The fraction of sp³-hybridized carbons (Fsp3) is 0.276. The van der Waals surface area contributed by atoms with Crippen LogP contribution in [-0.4, -0.2) is 62.8 Å². The summed E-state index contributed by atoms with van der Waals surface area (Å²) in [5.74, 6) is 1.44. The third-order valence-corrected chi connectivity index (χ3v) is 8.87. The van der Waals surface area contributed by atoms with Gasteiger partial charge < -0.3 is 44.0 Å². The van der Waals surface area contributed by atoms with Crippen molar-refractivity contribution in [1.82, 2.24) is 4.98 Å². The van der Waals surface area contributed by atoms with Crippen LogP contribution in [0.2, 0.25) is 0 Å². The number of aromatic nitrogens is 1. The first-order chi connectivity index (χ1) is 20.6. The first-order valence-corrected chi connectivity index (χ1v) is 14.2. The van der Waals surface area contributed by atoms with Crippen molar-refractivity contribution in [1.29, 1.82) is 0 Å². The van der Waals surface area contributed by atoms with Gasteiger partial charge in [0, 0.05) is 17.8 Å². The first kappa shape index (κ1) is 25.0. The van der Waals surface area contributed by atoms with E-state index in [-0.39, 0.29) is 24.8 Å². The number of fused-ring (bicyclic) bond motifs is 5. The Kier molecular flexibility index (Phi) is 5.76. The van der Waals surface area contributed by atoms with Crippen LogP contribution in [0.15, 0.2) is 42.5 Å². The first-order valence-electron chi connectivity index (χ1n) is 13.4. The Bertz CT molecular complexity index is 1760. The number of carbonyl (C=O) groups is 2. The average Bonchev–Trinajstić information content (AvgIpc) is 3.75. The Hall–Kier alpha value is -4.75. The van der Waals surface area contributed by atoms with Gasteiger partial charge in [0.2, 0.25) is 13.6 Å². The van der Waals surface area contributed by atoms with Crippen LogP contribution in [0.25, 0.3) is 10.2 Å². The Morgan fingerprint density at radius 3 is 2.40 bits per heavy atom. The number of nitrogens with zero attached hydrogens (tertiary/aromatic N) is 2. The number of ether oxygens (including phenoxy) is 6. The van der Waals surface area contributed by atoms with Crippen molar-refractivity contribution in [2.24, 2.45) is 0 Å². The number of thiazole rings is 1. The molecule has 0 aliphatic carbocycles. The minimum Gasteiger partial charge on any atom is -0.496 e. The van der Waals surface area contributed by atoms with Gasteiger partial charge in [0.15, 0.2) is 28.1 Å². The molecular weight excluding hydrogens is 564 g/mol. The van der Waals surface area contributed by atoms with Gasteiger partial charge in [-0.05, 0) is 36.8 Å². The maximum Gasteiger partial charge on any atom is 0.260 e. The Morgan fingerprint density at radius 2 is 1.64 bits per heavy atom. The van der Waals surface area contributed by atoms with Gasteiger partial charge in [-0.15, -0.1) is 0 Å². The summed E-state index contributed by atoms with van der Waals surface area (Å²) in [6.45, 7) is 1.47. The highest BCUT2D eigenvalue weighted by atomic mass is 32.1. The van der Waals surface area contributed by atoms with E-state index in [1.54, 1.807) is 36.4 Å². The van der Waals surface area contributed by atoms with Crippen LogP contribution in [-0.2, 0) is 4.74 Å². The summed E-state index contributed by atoms with van der Waals surface area (Å²) >= 11 is 1.45. The Labute approximate surface area is 243 Å². The molecule has 8 rings (SSSR count). The monoisotopic (exact) mass is 588 g/mol. The zero-order chi connectivity index (χ0) is 28.4. The normalized spacial score (nSPS) is 19.4. The highest BCUT2D eigenvalue weighted by molar-refractivity contribution is 7.22. The van der Waals surface area contributed by atoms with Gasteiger partial charge in [-0.2, -0.15) is 0 Å². The second-order valence-corrected chi connectivity index (χ2v) is 11.2. The largest absolute Gasteiger partial charge is 0.496 e. The molecule has 2 atom stereocenters. The van der Waals surface area contributed by atoms with Gasteiger partial charge in [-0.3, -0.25) is 9.59 Å². The number of methoxy groups -OCH3 is 1. The number of nitrogens with one attached hydrogen (secondary N) is 2. The lowest BCUT2D eigenvalue weighted by Gasteiger charge is -2.52. The van der Waals surface area contributed by atoms with E-state index < -0.39 is 11.8 Å². The molecule has 2 unspecified atom stereocenters. The van der Waals surface area contributed by atoms with E-state index in [1.807, 2.05) is 6.07 Å². The summed E-state index contributed by atoms with van der Waals surface area (Å²) in [5, 5.41) is 6.64. The lowest BCUT2D eigenvalue weighted by atomic mass is 9.92. The highest BCUT2D eigenvalue weighted by Crippen LogP contribution is 2.43. The molecular formula is C29H24N4O8S. The molecule has 4 aliphatic heterocycles. The molecule has 4 aliphatic rings. The second-order valence-electron chi connectivity index (χ2n) is 10.2. The van der Waals surface area contributed by atoms with Crippen molar-refractivity contribution >= 4 is 49.9 Å². The molecule has 214 valence electrons. The van der Waals surface area contributed by atoms with Crippen LogP contribution in [0.4, 0.5) is 16.5 Å². The number of hydrogen-bond donors (Lipinski definition) is 2. The van der Waals surface area contributed by atoms with E-state index in [4.69, 9.17) is 33.4 Å². The number of hydrogen-bond acceptors (Lipinski definition) is 11. The van der Waals surface area contributed by atoms with Crippen molar-refractivity contribution < 1.29 is 38.0 Å². The molecule has 0 saturated carbocycles. The molecule has 42 heavy (non-hydrogen) atoms. The van der Waals surface area contributed by atoms with E-state index in [0.717, 1.165) is 11.6 Å². The molecule has 2 N–H and O–H groups in total. The fourth-order valence-electron chi connectivity index (χ4n) is 5.70. The predicted octanol–water partition coefficient (Wildman–Crippen LogP) is 4.24. The quantitative estimate of drug-likeness (QED) is 0.337. The Balaban J connectivity index is 1.13. The molecule has 12 nitrogen and oxygen atoms in total. The molecule has 1 aromatic heterocycles. The van der Waals surface area contributed by atoms with E-state index in [2.05, 4.69) is 15.5 Å². The summed E-state index contributed by atoms with van der Waals surface area (Å²) in [7, 11) is 1.52. The van der Waals surface area contributed by atoms with Crippen LogP contribution in [0.1, 0.15) is 27.1 Å². The highest BCUT2D eigenvalue weighted by Gasteiger charge is 2.44. The fourth-order valence-corrected chi connectivity index (χ4v) is 6.94. The van der Waals surface area contributed by atoms with Crippen molar-refractivity contribution in [3.63, 3.8) is 0 Å². The van der Waals surface area contributed by atoms with Gasteiger partial charge in [-0.25, -0.2) is 4.98 Å². The molecule has 4 aromatic rings. The van der Waals surface area contributed by atoms with Crippen molar-refractivity contribution in [2.75, 3.05) is 49.4 Å². The predicted molar refractivity (Wildman–Crippen MR) is 153 cm³/mol. The third kappa shape index (κ3) is 4.03. The van der Waals surface area contributed by atoms with Gasteiger partial charge in [-0.1, -0.05) is 11.3 Å². The number of carbonyl (C=O) groups excluding carboxylic acids is 2. The van der Waals surface area contributed by atoms with Gasteiger partial charge in [0.05, 0.1) is 53.9 Å². The van der Waals surface area contributed by atoms with E-state index in [9.17, 15) is 9.59 Å². The molecule has 0 radical (unpaired) electrons. The minimum absolute atomic E-state index is 0.0102. The third-order valence-electron chi connectivity index (χ3n) is 7.76. The van der Waals surface area contributed by atoms with Gasteiger partial charge in [0.25, 0.3) is 11.8 Å². The van der Waals surface area contributed by atoms with E-state index >= 15 is 0 Å². The molecule has 2 amide bonds. The molecule has 2 saturated heterocycles. The number of morpholine rings is 1. The molecule has 13 heteroatoms. The van der Waals surface area contributed by atoms with Crippen LogP contribution in [0.5, 0.6) is 28.7 Å². The van der Waals surface area contributed by atoms with Crippen molar-refractivity contribution in [3.05, 3.63) is 53.6 Å². The summed E-state index contributed by atoms with van der Waals surface area (Å²) < 4.78 is 33.8. The summed E-state index contributed by atoms with van der Waals surface area (Å²) in [6.07, 6.45) is 1.08. The summed E-state index contributed by atoms with van der Waals surface area (Å²) in [6, 6.07) is 12.4. The zero-order valence-electron chi connectivity index (χ0n) is 22.3. The summed E-state index contributed by atoms with van der Waals surface area (Å²) in [5.41, 5.74) is 1.97. The average molecular weight is 589 g/mol. The number of benzene rings is 3. The maximum atomic E-state index is 13.9. The van der Waals surface area contributed by atoms with E-state index in [0.29, 0.717) is 75.5 Å². The Morgan fingerprint density at radius 1 is 0.905 bits per heavy atom. The SMILES string of the molecule is COc1ccc2nc(N3C4COCC3C4)sc2c1C(=O)Nc1cc2c(cc1C(=O)Nc1ccc3c(c1)OCO3)OCO2. The standard InChI is InChI=1S/C29H24N4O8S/c1-36-21-5-3-18-26(42-29(32-18)33-15-7-16(33)11-37-10-15)25(21)28(35)31-19-9-24-23(40-13-41-24)8-17(19)27(34)30-14-2-4-20-22(6-14)39-12-38-20/h2-6,8-9,15-16H,7,10-13H2,1H3,(H,30,34)(H,31,35). The van der Waals surface area contributed by atoms with Crippen LogP contribution < -0.4 is 39.2 Å². The van der Waals surface area contributed by atoms with Gasteiger partial charge in [0.1, 0.15) is 11.3 Å².